The van der Waals surface area contributed by atoms with Gasteiger partial charge >= 0.3 is 12.1 Å². The molecule has 1 saturated heterocycles. The highest BCUT2D eigenvalue weighted by atomic mass is 35.5. The number of urea groups is 1. The molecule has 0 aliphatic carbocycles. The van der Waals surface area contributed by atoms with Gasteiger partial charge in [0.1, 0.15) is 16.3 Å². The molecule has 13 heteroatoms. The molecule has 3 amide bonds. The van der Waals surface area contributed by atoms with Crippen molar-refractivity contribution in [2.75, 3.05) is 19.7 Å². The number of carbonyl (C=O) groups excluding carboxylic acids is 2. The van der Waals surface area contributed by atoms with Crippen LogP contribution < -0.4 is 14.8 Å². The maximum atomic E-state index is 14.9. The van der Waals surface area contributed by atoms with Crippen LogP contribution in [-0.2, 0) is 14.8 Å². The molecule has 2 N–H and O–H groups in total. The summed E-state index contributed by atoms with van der Waals surface area (Å²) in [5.41, 5.74) is 0.254. The van der Waals surface area contributed by atoms with E-state index >= 15 is 0 Å². The molecule has 0 radical (unpaired) electrons. The molecular formula is C27H34ClF2N3O6S. The minimum atomic E-state index is -4.69. The van der Waals surface area contributed by atoms with Crippen molar-refractivity contribution in [2.45, 2.75) is 63.5 Å². The van der Waals surface area contributed by atoms with Gasteiger partial charge in [0.05, 0.1) is 6.61 Å². The SMILES string of the molecule is CC(C)NC(=O)NS(=O)(=O)c1cc(F)c(OCC2CN(C(=O)OC(C)(C)C)CC[C@H]2c2ccc(Cl)cc2)cc1F. The minimum Gasteiger partial charge on any atom is -0.490 e. The van der Waals surface area contributed by atoms with E-state index in [2.05, 4.69) is 5.32 Å². The molecule has 2 atom stereocenters. The lowest BCUT2D eigenvalue weighted by Crippen LogP contribution is -2.46. The molecule has 0 aromatic heterocycles. The summed E-state index contributed by atoms with van der Waals surface area (Å²) in [5.74, 6) is -3.36. The lowest BCUT2D eigenvalue weighted by atomic mass is 9.81. The topological polar surface area (TPSA) is 114 Å². The van der Waals surface area contributed by atoms with Crippen LogP contribution in [0.4, 0.5) is 18.4 Å². The fourth-order valence-electron chi connectivity index (χ4n) is 4.33. The van der Waals surface area contributed by atoms with E-state index in [1.807, 2.05) is 12.1 Å². The Balaban J connectivity index is 1.81. The van der Waals surface area contributed by atoms with Crippen molar-refractivity contribution in [3.63, 3.8) is 0 Å². The highest BCUT2D eigenvalue weighted by molar-refractivity contribution is 7.90. The second-order valence-corrected chi connectivity index (χ2v) is 13.0. The molecule has 9 nitrogen and oxygen atoms in total. The Kier molecular flexibility index (Phi) is 9.89. The standard InChI is InChI=1S/C27H34ClF2N3O6S/c1-16(2)31-25(34)32-40(36,37)24-13-21(29)23(12-22(24)30)38-15-18-14-33(26(35)39-27(3,4)5)11-10-20(18)17-6-8-19(28)9-7-17/h6-9,12-13,16,18,20H,10-11,14-15H2,1-5H3,(H2,31,32,34)/t18?,20-/m0/s1. The Bertz CT molecular complexity index is 1330. The smallest absolute Gasteiger partial charge is 0.410 e. The monoisotopic (exact) mass is 601 g/mol. The third-order valence-electron chi connectivity index (χ3n) is 6.06. The van der Waals surface area contributed by atoms with Crippen molar-refractivity contribution < 1.29 is 36.3 Å². The maximum Gasteiger partial charge on any atom is 0.410 e. The van der Waals surface area contributed by atoms with Crippen molar-refractivity contribution >= 4 is 33.7 Å². The number of hydrogen-bond donors (Lipinski definition) is 2. The lowest BCUT2D eigenvalue weighted by molar-refractivity contribution is 0.0110. The Morgan fingerprint density at radius 3 is 2.38 bits per heavy atom. The van der Waals surface area contributed by atoms with E-state index in [0.717, 1.165) is 5.56 Å². The number of nitrogens with zero attached hydrogens (tertiary/aromatic N) is 1. The zero-order chi connectivity index (χ0) is 29.8. The first-order valence-electron chi connectivity index (χ1n) is 12.7. The van der Waals surface area contributed by atoms with E-state index in [1.54, 1.807) is 56.4 Å². The summed E-state index contributed by atoms with van der Waals surface area (Å²) in [6.45, 7) is 9.05. The molecule has 1 unspecified atom stereocenters. The number of piperidine rings is 1. The predicted molar refractivity (Wildman–Crippen MR) is 146 cm³/mol. The molecule has 2 aromatic carbocycles. The number of benzene rings is 2. The number of sulfonamides is 1. The van der Waals surface area contributed by atoms with Crippen LogP contribution in [0.2, 0.25) is 5.02 Å². The maximum absolute atomic E-state index is 14.9. The zero-order valence-electron chi connectivity index (χ0n) is 23.0. The number of rotatable bonds is 7. The molecule has 1 aliphatic rings. The summed E-state index contributed by atoms with van der Waals surface area (Å²) in [4.78, 5) is 25.1. The number of ether oxygens (including phenoxy) is 2. The van der Waals surface area contributed by atoms with Crippen molar-refractivity contribution in [2.24, 2.45) is 5.92 Å². The van der Waals surface area contributed by atoms with Gasteiger partial charge in [0.25, 0.3) is 10.0 Å². The molecule has 0 bridgehead atoms. The number of carbonyl (C=O) groups is 2. The first-order valence-corrected chi connectivity index (χ1v) is 14.6. The Morgan fingerprint density at radius 1 is 1.12 bits per heavy atom. The fourth-order valence-corrected chi connectivity index (χ4v) is 5.45. The van der Waals surface area contributed by atoms with Gasteiger partial charge in [0, 0.05) is 42.2 Å². The van der Waals surface area contributed by atoms with E-state index in [9.17, 15) is 26.8 Å². The average Bonchev–Trinajstić information content (AvgIpc) is 2.82. The summed E-state index contributed by atoms with van der Waals surface area (Å²) >= 11 is 6.04. The second kappa shape index (κ2) is 12.6. The van der Waals surface area contributed by atoms with Crippen molar-refractivity contribution in [1.82, 2.24) is 14.9 Å². The van der Waals surface area contributed by atoms with Gasteiger partial charge in [0.15, 0.2) is 11.6 Å². The van der Waals surface area contributed by atoms with Crippen LogP contribution in [0.5, 0.6) is 5.75 Å². The summed E-state index contributed by atoms with van der Waals surface area (Å²) in [5, 5.41) is 2.86. The molecule has 1 fully saturated rings. The highest BCUT2D eigenvalue weighted by Crippen LogP contribution is 2.35. The van der Waals surface area contributed by atoms with Crippen LogP contribution in [-0.4, -0.2) is 56.8 Å². The number of halogens is 3. The molecule has 0 spiro atoms. The molecule has 40 heavy (non-hydrogen) atoms. The van der Waals surface area contributed by atoms with Gasteiger partial charge in [0.2, 0.25) is 0 Å². The van der Waals surface area contributed by atoms with E-state index in [4.69, 9.17) is 21.1 Å². The van der Waals surface area contributed by atoms with Crippen LogP contribution >= 0.6 is 11.6 Å². The lowest BCUT2D eigenvalue weighted by Gasteiger charge is -2.39. The molecule has 220 valence electrons. The molecular weight excluding hydrogens is 568 g/mol. The largest absolute Gasteiger partial charge is 0.490 e. The number of likely N-dealkylation sites (tertiary alicyclic amines) is 1. The van der Waals surface area contributed by atoms with Gasteiger partial charge in [-0.25, -0.2) is 31.5 Å². The quantitative estimate of drug-likeness (QED) is 0.437. The first kappa shape index (κ1) is 31.4. The van der Waals surface area contributed by atoms with Crippen LogP contribution in [0, 0.1) is 17.6 Å². The van der Waals surface area contributed by atoms with Crippen LogP contribution in [0.15, 0.2) is 41.3 Å². The molecule has 1 aliphatic heterocycles. The average molecular weight is 602 g/mol. The second-order valence-electron chi connectivity index (χ2n) is 10.9. The predicted octanol–water partition coefficient (Wildman–Crippen LogP) is 5.43. The summed E-state index contributed by atoms with van der Waals surface area (Å²) < 4.78 is 67.5. The summed E-state index contributed by atoms with van der Waals surface area (Å²) in [6.07, 6.45) is 0.0698. The Labute approximate surface area is 238 Å². The highest BCUT2D eigenvalue weighted by Gasteiger charge is 2.35. The number of nitrogens with one attached hydrogen (secondary N) is 2. The van der Waals surface area contributed by atoms with Crippen LogP contribution in [0.25, 0.3) is 0 Å². The van der Waals surface area contributed by atoms with Crippen LogP contribution in [0.3, 0.4) is 0 Å². The first-order chi connectivity index (χ1) is 18.6. The van der Waals surface area contributed by atoms with E-state index < -0.39 is 50.0 Å². The molecule has 3 rings (SSSR count). The van der Waals surface area contributed by atoms with E-state index in [1.165, 1.54) is 0 Å². The van der Waals surface area contributed by atoms with Gasteiger partial charge < -0.3 is 19.7 Å². The number of amides is 3. The van der Waals surface area contributed by atoms with Gasteiger partial charge in [-0.15, -0.1) is 0 Å². The third kappa shape index (κ3) is 8.44. The Morgan fingerprint density at radius 2 is 1.77 bits per heavy atom. The fraction of sp³-hybridized carbons (Fsp3) is 0.481. The third-order valence-corrected chi connectivity index (χ3v) is 7.66. The van der Waals surface area contributed by atoms with Gasteiger partial charge in [-0.1, -0.05) is 23.7 Å². The zero-order valence-corrected chi connectivity index (χ0v) is 24.5. The Hall–Kier alpha value is -3.12. The number of hydrogen-bond acceptors (Lipinski definition) is 6. The van der Waals surface area contributed by atoms with Crippen molar-refractivity contribution in [3.8, 4) is 5.75 Å². The van der Waals surface area contributed by atoms with E-state index in [0.29, 0.717) is 30.1 Å². The van der Waals surface area contributed by atoms with Gasteiger partial charge in [-0.3, -0.25) is 0 Å². The molecule has 1 heterocycles. The van der Waals surface area contributed by atoms with Crippen LogP contribution in [0.1, 0.15) is 52.5 Å². The summed E-state index contributed by atoms with van der Waals surface area (Å²) in [7, 11) is -4.69. The van der Waals surface area contributed by atoms with Gasteiger partial charge in [-0.05, 0) is 64.7 Å². The minimum absolute atomic E-state index is 0.0906. The molecule has 0 saturated carbocycles. The van der Waals surface area contributed by atoms with Crippen molar-refractivity contribution in [3.05, 3.63) is 58.6 Å². The normalized spacial score (nSPS) is 17.9. The van der Waals surface area contributed by atoms with E-state index in [-0.39, 0.29) is 31.0 Å². The molecule has 2 aromatic rings. The van der Waals surface area contributed by atoms with Gasteiger partial charge in [-0.2, -0.15) is 0 Å². The summed E-state index contributed by atoms with van der Waals surface area (Å²) in [6, 6.07) is 6.86. The van der Waals surface area contributed by atoms with Crippen molar-refractivity contribution in [1.29, 1.82) is 0 Å².